The highest BCUT2D eigenvalue weighted by Crippen LogP contribution is 2.27. The van der Waals surface area contributed by atoms with Crippen molar-refractivity contribution in [2.45, 2.75) is 58.0 Å². The number of rotatable bonds is 8. The van der Waals surface area contributed by atoms with E-state index >= 15 is 0 Å². The van der Waals surface area contributed by atoms with Gasteiger partial charge in [0.15, 0.2) is 0 Å². The van der Waals surface area contributed by atoms with Gasteiger partial charge < -0.3 is 15.3 Å². The summed E-state index contributed by atoms with van der Waals surface area (Å²) in [5.41, 5.74) is 2.76. The van der Waals surface area contributed by atoms with Gasteiger partial charge in [-0.1, -0.05) is 32.0 Å². The quantitative estimate of drug-likeness (QED) is 0.723. The lowest BCUT2D eigenvalue weighted by Crippen LogP contribution is -2.49. The normalized spacial score (nSPS) is 17.1. The van der Waals surface area contributed by atoms with Gasteiger partial charge in [0.1, 0.15) is 0 Å². The van der Waals surface area contributed by atoms with Crippen molar-refractivity contribution >= 4 is 5.69 Å². The number of para-hydroxylation sites is 1. The number of aliphatic hydroxyl groups is 1. The van der Waals surface area contributed by atoms with Crippen molar-refractivity contribution in [1.29, 1.82) is 0 Å². The van der Waals surface area contributed by atoms with Gasteiger partial charge >= 0.3 is 0 Å². The van der Waals surface area contributed by atoms with Gasteiger partial charge in [-0.2, -0.15) is 0 Å². The predicted octanol–water partition coefficient (Wildman–Crippen LogP) is 2.97. The molecule has 1 aliphatic rings. The standard InChI is InChI=1S/C18H30N2O/c1-15(2)19-18(3,14-21)11-6-7-12-20-13-10-16-8-4-5-9-17(16)20/h4-5,8-9,15,19,21H,6-7,10-14H2,1-3H3. The second kappa shape index (κ2) is 7.28. The number of hydrogen-bond donors (Lipinski definition) is 2. The summed E-state index contributed by atoms with van der Waals surface area (Å²) in [7, 11) is 0. The third kappa shape index (κ3) is 4.45. The van der Waals surface area contributed by atoms with Gasteiger partial charge in [-0.25, -0.2) is 0 Å². The molecule has 118 valence electrons. The van der Waals surface area contributed by atoms with E-state index in [9.17, 15) is 5.11 Å². The van der Waals surface area contributed by atoms with E-state index in [4.69, 9.17) is 0 Å². The Morgan fingerprint density at radius 3 is 2.76 bits per heavy atom. The van der Waals surface area contributed by atoms with Crippen molar-refractivity contribution in [3.8, 4) is 0 Å². The molecule has 1 atom stereocenters. The molecule has 0 bridgehead atoms. The van der Waals surface area contributed by atoms with Crippen LogP contribution in [0.3, 0.4) is 0 Å². The number of aliphatic hydroxyl groups excluding tert-OH is 1. The highest BCUT2D eigenvalue weighted by molar-refractivity contribution is 5.57. The Labute approximate surface area is 129 Å². The van der Waals surface area contributed by atoms with Gasteiger partial charge in [0.05, 0.1) is 6.61 Å². The first-order valence-corrected chi connectivity index (χ1v) is 8.25. The molecule has 1 aromatic rings. The maximum atomic E-state index is 9.60. The molecule has 0 amide bonds. The first kappa shape index (κ1) is 16.3. The lowest BCUT2D eigenvalue weighted by atomic mass is 9.94. The molecule has 1 heterocycles. The number of anilines is 1. The fourth-order valence-corrected chi connectivity index (χ4v) is 3.35. The zero-order valence-corrected chi connectivity index (χ0v) is 13.7. The summed E-state index contributed by atoms with van der Waals surface area (Å²) in [5, 5.41) is 13.1. The van der Waals surface area contributed by atoms with Gasteiger partial charge in [-0.15, -0.1) is 0 Å². The molecular formula is C18H30N2O. The number of benzene rings is 1. The molecule has 0 spiro atoms. The van der Waals surface area contributed by atoms with E-state index in [1.54, 1.807) is 0 Å². The van der Waals surface area contributed by atoms with Gasteiger partial charge in [0.25, 0.3) is 0 Å². The summed E-state index contributed by atoms with van der Waals surface area (Å²) in [6.07, 6.45) is 4.54. The van der Waals surface area contributed by atoms with E-state index < -0.39 is 0 Å². The lowest BCUT2D eigenvalue weighted by molar-refractivity contribution is 0.154. The molecule has 1 aliphatic heterocycles. The van der Waals surface area contributed by atoms with Gasteiger partial charge in [-0.3, -0.25) is 0 Å². The fraction of sp³-hybridized carbons (Fsp3) is 0.667. The van der Waals surface area contributed by atoms with Crippen molar-refractivity contribution in [2.24, 2.45) is 0 Å². The summed E-state index contributed by atoms with van der Waals surface area (Å²) in [6, 6.07) is 9.15. The molecule has 3 heteroatoms. The molecule has 0 saturated heterocycles. The maximum absolute atomic E-state index is 9.60. The van der Waals surface area contributed by atoms with E-state index in [1.807, 2.05) is 0 Å². The van der Waals surface area contributed by atoms with Crippen LogP contribution in [0, 0.1) is 0 Å². The van der Waals surface area contributed by atoms with Crippen LogP contribution in [0.5, 0.6) is 0 Å². The predicted molar refractivity (Wildman–Crippen MR) is 90.0 cm³/mol. The number of fused-ring (bicyclic) bond motifs is 1. The van der Waals surface area contributed by atoms with Crippen LogP contribution in [0.1, 0.15) is 45.6 Å². The molecule has 0 fully saturated rings. The molecule has 0 aliphatic carbocycles. The van der Waals surface area contributed by atoms with E-state index in [0.717, 1.165) is 25.9 Å². The summed E-state index contributed by atoms with van der Waals surface area (Å²) >= 11 is 0. The van der Waals surface area contributed by atoms with Crippen LogP contribution in [0.2, 0.25) is 0 Å². The van der Waals surface area contributed by atoms with Crippen molar-refractivity contribution in [3.63, 3.8) is 0 Å². The molecule has 1 aromatic carbocycles. The van der Waals surface area contributed by atoms with E-state index in [-0.39, 0.29) is 12.1 Å². The van der Waals surface area contributed by atoms with Crippen molar-refractivity contribution in [1.82, 2.24) is 5.32 Å². The average Bonchev–Trinajstić information content (AvgIpc) is 2.86. The van der Waals surface area contributed by atoms with Crippen LogP contribution in [-0.2, 0) is 6.42 Å². The lowest BCUT2D eigenvalue weighted by Gasteiger charge is -2.31. The van der Waals surface area contributed by atoms with Crippen LogP contribution in [-0.4, -0.2) is 36.4 Å². The summed E-state index contributed by atoms with van der Waals surface area (Å²) in [5.74, 6) is 0. The summed E-state index contributed by atoms with van der Waals surface area (Å²) in [6.45, 7) is 8.88. The fourth-order valence-electron chi connectivity index (χ4n) is 3.35. The molecular weight excluding hydrogens is 260 g/mol. The monoisotopic (exact) mass is 290 g/mol. The molecule has 0 radical (unpaired) electrons. The Balaban J connectivity index is 1.75. The minimum absolute atomic E-state index is 0.142. The Hall–Kier alpha value is -1.06. The minimum atomic E-state index is -0.142. The van der Waals surface area contributed by atoms with Crippen LogP contribution >= 0.6 is 0 Å². The number of unbranched alkanes of at least 4 members (excludes halogenated alkanes) is 1. The minimum Gasteiger partial charge on any atom is -0.394 e. The Morgan fingerprint density at radius 2 is 2.05 bits per heavy atom. The highest BCUT2D eigenvalue weighted by Gasteiger charge is 2.23. The Kier molecular flexibility index (Phi) is 5.65. The number of nitrogens with one attached hydrogen (secondary N) is 1. The second-order valence-electron chi connectivity index (χ2n) is 6.84. The third-order valence-corrected chi connectivity index (χ3v) is 4.38. The summed E-state index contributed by atoms with van der Waals surface area (Å²) in [4.78, 5) is 2.50. The smallest absolute Gasteiger partial charge is 0.0610 e. The SMILES string of the molecule is CC(C)NC(C)(CO)CCCCN1CCc2ccccc21. The summed E-state index contributed by atoms with van der Waals surface area (Å²) < 4.78 is 0. The molecule has 1 unspecified atom stereocenters. The van der Waals surface area contributed by atoms with Crippen LogP contribution in [0.25, 0.3) is 0 Å². The van der Waals surface area contributed by atoms with E-state index in [1.165, 1.54) is 24.1 Å². The van der Waals surface area contributed by atoms with E-state index in [0.29, 0.717) is 6.04 Å². The first-order chi connectivity index (χ1) is 10.0. The third-order valence-electron chi connectivity index (χ3n) is 4.38. The van der Waals surface area contributed by atoms with Crippen molar-refractivity contribution < 1.29 is 5.11 Å². The average molecular weight is 290 g/mol. The van der Waals surface area contributed by atoms with Crippen LogP contribution in [0.4, 0.5) is 5.69 Å². The van der Waals surface area contributed by atoms with Crippen molar-refractivity contribution in [3.05, 3.63) is 29.8 Å². The molecule has 3 nitrogen and oxygen atoms in total. The molecule has 2 N–H and O–H groups in total. The molecule has 0 saturated carbocycles. The maximum Gasteiger partial charge on any atom is 0.0610 e. The Bertz CT molecular complexity index is 447. The van der Waals surface area contributed by atoms with Crippen LogP contribution < -0.4 is 10.2 Å². The van der Waals surface area contributed by atoms with Gasteiger partial charge in [0, 0.05) is 30.4 Å². The zero-order valence-electron chi connectivity index (χ0n) is 13.7. The van der Waals surface area contributed by atoms with E-state index in [2.05, 4.69) is 55.3 Å². The number of nitrogens with zero attached hydrogens (tertiary/aromatic N) is 1. The number of hydrogen-bond acceptors (Lipinski definition) is 3. The molecule has 2 rings (SSSR count). The second-order valence-corrected chi connectivity index (χ2v) is 6.84. The van der Waals surface area contributed by atoms with Crippen molar-refractivity contribution in [2.75, 3.05) is 24.6 Å². The zero-order chi connectivity index (χ0) is 15.3. The topological polar surface area (TPSA) is 35.5 Å². The molecule has 0 aromatic heterocycles. The Morgan fingerprint density at radius 1 is 1.29 bits per heavy atom. The van der Waals surface area contributed by atoms with Gasteiger partial charge in [-0.05, 0) is 44.2 Å². The first-order valence-electron chi connectivity index (χ1n) is 8.25. The van der Waals surface area contributed by atoms with Crippen LogP contribution in [0.15, 0.2) is 24.3 Å². The van der Waals surface area contributed by atoms with Gasteiger partial charge in [0.2, 0.25) is 0 Å². The highest BCUT2D eigenvalue weighted by atomic mass is 16.3. The molecule has 21 heavy (non-hydrogen) atoms. The largest absolute Gasteiger partial charge is 0.394 e.